The Balaban J connectivity index is 2.26. The van der Waals surface area contributed by atoms with Crippen LogP contribution >= 0.6 is 0 Å². The zero-order chi connectivity index (χ0) is 13.8. The molecule has 0 spiro atoms. The number of aliphatic carboxylic acids is 1. The van der Waals surface area contributed by atoms with Gasteiger partial charge >= 0.3 is 5.97 Å². The molecule has 0 saturated carbocycles. The Morgan fingerprint density at radius 1 is 1.26 bits per heavy atom. The van der Waals surface area contributed by atoms with Crippen molar-refractivity contribution in [1.82, 2.24) is 4.90 Å². The van der Waals surface area contributed by atoms with Gasteiger partial charge in [-0.3, -0.25) is 4.79 Å². The Labute approximate surface area is 110 Å². The van der Waals surface area contributed by atoms with Gasteiger partial charge in [-0.25, -0.2) is 9.18 Å². The molecule has 0 radical (unpaired) electrons. The van der Waals surface area contributed by atoms with E-state index in [2.05, 4.69) is 0 Å². The lowest BCUT2D eigenvalue weighted by Gasteiger charge is -2.15. The maximum Gasteiger partial charge on any atom is 0.328 e. The van der Waals surface area contributed by atoms with Gasteiger partial charge in [0.05, 0.1) is 5.56 Å². The molecule has 100 valence electrons. The molecule has 1 aliphatic heterocycles. The quantitative estimate of drug-likeness (QED) is 0.850. The van der Waals surface area contributed by atoms with E-state index in [1.165, 1.54) is 24.3 Å². The molecule has 2 rings (SSSR count). The Kier molecular flexibility index (Phi) is 3.94. The standard InChI is InChI=1S/C14H14FNO3/c15-12-5-3-10(4-6-13(17)18)9-11(12)14(19)16-7-1-2-8-16/h3-6,9H,1-2,7-8H2,(H,17,18)/b6-4+. The lowest BCUT2D eigenvalue weighted by molar-refractivity contribution is -0.131. The Bertz CT molecular complexity index is 533. The van der Waals surface area contributed by atoms with Crippen molar-refractivity contribution < 1.29 is 19.1 Å². The zero-order valence-corrected chi connectivity index (χ0v) is 10.3. The summed E-state index contributed by atoms with van der Waals surface area (Å²) in [4.78, 5) is 24.1. The van der Waals surface area contributed by atoms with Crippen molar-refractivity contribution in [2.75, 3.05) is 13.1 Å². The van der Waals surface area contributed by atoms with E-state index in [1.807, 2.05) is 0 Å². The molecular weight excluding hydrogens is 249 g/mol. The van der Waals surface area contributed by atoms with Crippen molar-refractivity contribution >= 4 is 18.0 Å². The van der Waals surface area contributed by atoms with Crippen LogP contribution in [0.3, 0.4) is 0 Å². The number of hydrogen-bond acceptors (Lipinski definition) is 2. The molecule has 1 heterocycles. The van der Waals surface area contributed by atoms with E-state index < -0.39 is 11.8 Å². The van der Waals surface area contributed by atoms with Gasteiger partial charge in [-0.15, -0.1) is 0 Å². The minimum atomic E-state index is -1.09. The van der Waals surface area contributed by atoms with E-state index in [-0.39, 0.29) is 11.5 Å². The predicted molar refractivity (Wildman–Crippen MR) is 68.2 cm³/mol. The van der Waals surface area contributed by atoms with Crippen LogP contribution in [0.5, 0.6) is 0 Å². The van der Waals surface area contributed by atoms with Crippen molar-refractivity contribution in [3.63, 3.8) is 0 Å². The Morgan fingerprint density at radius 3 is 2.58 bits per heavy atom. The molecule has 4 nitrogen and oxygen atoms in total. The number of benzene rings is 1. The first-order valence-electron chi connectivity index (χ1n) is 6.08. The summed E-state index contributed by atoms with van der Waals surface area (Å²) >= 11 is 0. The normalized spacial score (nSPS) is 15.1. The van der Waals surface area contributed by atoms with Gasteiger partial charge in [0.2, 0.25) is 0 Å². The molecule has 19 heavy (non-hydrogen) atoms. The number of hydrogen-bond donors (Lipinski definition) is 1. The van der Waals surface area contributed by atoms with Crippen molar-refractivity contribution in [3.8, 4) is 0 Å². The second-order valence-electron chi connectivity index (χ2n) is 4.41. The number of carbonyl (C=O) groups excluding carboxylic acids is 1. The van der Waals surface area contributed by atoms with Gasteiger partial charge in [0.15, 0.2) is 0 Å². The number of carboxylic acids is 1. The van der Waals surface area contributed by atoms with Gasteiger partial charge < -0.3 is 10.0 Å². The van der Waals surface area contributed by atoms with Crippen LogP contribution in [0.15, 0.2) is 24.3 Å². The van der Waals surface area contributed by atoms with Gasteiger partial charge in [-0.05, 0) is 36.6 Å². The van der Waals surface area contributed by atoms with E-state index >= 15 is 0 Å². The van der Waals surface area contributed by atoms with Crippen molar-refractivity contribution in [2.45, 2.75) is 12.8 Å². The third-order valence-corrected chi connectivity index (χ3v) is 3.03. The van der Waals surface area contributed by atoms with E-state index in [9.17, 15) is 14.0 Å². The van der Waals surface area contributed by atoms with Crippen LogP contribution in [-0.2, 0) is 4.79 Å². The molecule has 1 aromatic carbocycles. The first kappa shape index (κ1) is 13.3. The van der Waals surface area contributed by atoms with Crippen LogP contribution < -0.4 is 0 Å². The van der Waals surface area contributed by atoms with Crippen molar-refractivity contribution in [2.24, 2.45) is 0 Å². The van der Waals surface area contributed by atoms with Gasteiger partial charge in [0.1, 0.15) is 5.82 Å². The monoisotopic (exact) mass is 263 g/mol. The SMILES string of the molecule is O=C(O)/C=C/c1ccc(F)c(C(=O)N2CCCC2)c1. The number of carbonyl (C=O) groups is 2. The molecule has 1 saturated heterocycles. The number of nitrogens with zero attached hydrogens (tertiary/aromatic N) is 1. The molecular formula is C14H14FNO3. The highest BCUT2D eigenvalue weighted by Crippen LogP contribution is 2.17. The third-order valence-electron chi connectivity index (χ3n) is 3.03. The van der Waals surface area contributed by atoms with Crippen LogP contribution in [0.1, 0.15) is 28.8 Å². The highest BCUT2D eigenvalue weighted by molar-refractivity contribution is 5.95. The zero-order valence-electron chi connectivity index (χ0n) is 10.3. The molecule has 5 heteroatoms. The summed E-state index contributed by atoms with van der Waals surface area (Å²) in [6.45, 7) is 1.29. The van der Waals surface area contributed by atoms with E-state index in [0.29, 0.717) is 18.7 Å². The van der Waals surface area contributed by atoms with Crippen LogP contribution in [-0.4, -0.2) is 35.0 Å². The summed E-state index contributed by atoms with van der Waals surface area (Å²) in [6, 6.07) is 4.01. The Hall–Kier alpha value is -2.17. The van der Waals surface area contributed by atoms with E-state index in [1.54, 1.807) is 4.90 Å². The maximum absolute atomic E-state index is 13.7. The highest BCUT2D eigenvalue weighted by atomic mass is 19.1. The van der Waals surface area contributed by atoms with Gasteiger partial charge in [-0.2, -0.15) is 0 Å². The summed E-state index contributed by atoms with van der Waals surface area (Å²) in [6.07, 6.45) is 4.16. The predicted octanol–water partition coefficient (Wildman–Crippen LogP) is 2.16. The third kappa shape index (κ3) is 3.19. The second kappa shape index (κ2) is 5.65. The fourth-order valence-corrected chi connectivity index (χ4v) is 2.07. The molecule has 1 N–H and O–H groups in total. The minimum Gasteiger partial charge on any atom is -0.478 e. The average Bonchev–Trinajstić information content (AvgIpc) is 2.90. The van der Waals surface area contributed by atoms with Crippen molar-refractivity contribution in [1.29, 1.82) is 0 Å². The highest BCUT2D eigenvalue weighted by Gasteiger charge is 2.22. The van der Waals surface area contributed by atoms with Gasteiger partial charge in [0.25, 0.3) is 5.91 Å². The number of likely N-dealkylation sites (tertiary alicyclic amines) is 1. The summed E-state index contributed by atoms with van der Waals surface area (Å²) < 4.78 is 13.7. The fourth-order valence-electron chi connectivity index (χ4n) is 2.07. The lowest BCUT2D eigenvalue weighted by atomic mass is 10.1. The largest absolute Gasteiger partial charge is 0.478 e. The fraction of sp³-hybridized carbons (Fsp3) is 0.286. The van der Waals surface area contributed by atoms with Crippen LogP contribution in [0.25, 0.3) is 6.08 Å². The summed E-state index contributed by atoms with van der Waals surface area (Å²) in [5.41, 5.74) is 0.487. The molecule has 1 aromatic rings. The molecule has 1 amide bonds. The van der Waals surface area contributed by atoms with Crippen LogP contribution in [0.4, 0.5) is 4.39 Å². The topological polar surface area (TPSA) is 57.6 Å². The molecule has 0 unspecified atom stereocenters. The van der Waals surface area contributed by atoms with Crippen LogP contribution in [0.2, 0.25) is 0 Å². The number of amides is 1. The number of carboxylic acid groups (broad SMARTS) is 1. The first-order valence-corrected chi connectivity index (χ1v) is 6.08. The number of halogens is 1. The second-order valence-corrected chi connectivity index (χ2v) is 4.41. The smallest absolute Gasteiger partial charge is 0.328 e. The molecule has 1 fully saturated rings. The van der Waals surface area contributed by atoms with E-state index in [0.717, 1.165) is 18.9 Å². The maximum atomic E-state index is 13.7. The minimum absolute atomic E-state index is 0.00515. The van der Waals surface area contributed by atoms with Crippen molar-refractivity contribution in [3.05, 3.63) is 41.2 Å². The summed E-state index contributed by atoms with van der Waals surface area (Å²) in [5, 5.41) is 8.54. The van der Waals surface area contributed by atoms with Gasteiger partial charge in [0, 0.05) is 19.2 Å². The molecule has 0 atom stereocenters. The summed E-state index contributed by atoms with van der Waals surface area (Å²) in [7, 11) is 0. The summed E-state index contributed by atoms with van der Waals surface area (Å²) in [5.74, 6) is -2.00. The molecule has 0 aromatic heterocycles. The molecule has 1 aliphatic rings. The van der Waals surface area contributed by atoms with Gasteiger partial charge in [-0.1, -0.05) is 6.07 Å². The van der Waals surface area contributed by atoms with E-state index in [4.69, 9.17) is 5.11 Å². The lowest BCUT2D eigenvalue weighted by Crippen LogP contribution is -2.28. The Morgan fingerprint density at radius 2 is 1.95 bits per heavy atom. The van der Waals surface area contributed by atoms with Crippen LogP contribution in [0, 0.1) is 5.82 Å². The molecule has 0 aliphatic carbocycles. The number of rotatable bonds is 3. The average molecular weight is 263 g/mol. The molecule has 0 bridgehead atoms. The first-order chi connectivity index (χ1) is 9.08.